The summed E-state index contributed by atoms with van der Waals surface area (Å²) in [5, 5.41) is 0. The van der Waals surface area contributed by atoms with Gasteiger partial charge in [-0.05, 0) is 24.8 Å². The van der Waals surface area contributed by atoms with Crippen LogP contribution in [-0.4, -0.2) is 12.1 Å². The molecule has 2 rings (SSSR count). The molecule has 2 nitrogen and oxygen atoms in total. The maximum absolute atomic E-state index is 4.41. The fraction of sp³-hybridized carbons (Fsp3) is 0.583. The van der Waals surface area contributed by atoms with Crippen molar-refractivity contribution in [3.63, 3.8) is 0 Å². The molecule has 0 amide bonds. The van der Waals surface area contributed by atoms with Crippen molar-refractivity contribution in [3.05, 3.63) is 17.5 Å². The predicted octanol–water partition coefficient (Wildman–Crippen LogP) is 3.11. The van der Waals surface area contributed by atoms with E-state index in [1.54, 1.807) is 6.20 Å². The summed E-state index contributed by atoms with van der Waals surface area (Å²) in [5.41, 5.74) is 2.67. The molecule has 0 saturated heterocycles. The van der Waals surface area contributed by atoms with Crippen molar-refractivity contribution < 1.29 is 0 Å². The standard InChI is InChI=1S/C12H16N2/c1-12(2)6-4-3-5-10-9-13-7-8-14-11(10)12/h7,9H,3-6H2,1-2H3. The van der Waals surface area contributed by atoms with Gasteiger partial charge >= 0.3 is 0 Å². The molecule has 1 heterocycles. The topological polar surface area (TPSA) is 24.7 Å². The Morgan fingerprint density at radius 2 is 2.21 bits per heavy atom. The van der Waals surface area contributed by atoms with E-state index in [1.807, 2.05) is 6.21 Å². The summed E-state index contributed by atoms with van der Waals surface area (Å²) in [4.78, 5) is 8.56. The quantitative estimate of drug-likeness (QED) is 0.558. The number of nitrogens with zero attached hydrogens (tertiary/aromatic N) is 2. The molecular formula is C12H16N2. The highest BCUT2D eigenvalue weighted by atomic mass is 14.8. The summed E-state index contributed by atoms with van der Waals surface area (Å²) >= 11 is 0. The Morgan fingerprint density at radius 3 is 3.07 bits per heavy atom. The third-order valence-corrected chi connectivity index (χ3v) is 2.98. The van der Waals surface area contributed by atoms with Gasteiger partial charge in [-0.2, -0.15) is 0 Å². The zero-order chi connectivity index (χ0) is 10.0. The highest BCUT2D eigenvalue weighted by Crippen LogP contribution is 2.39. The maximum Gasteiger partial charge on any atom is 0.0881 e. The monoisotopic (exact) mass is 188 g/mol. The van der Waals surface area contributed by atoms with E-state index in [0.29, 0.717) is 0 Å². The van der Waals surface area contributed by atoms with Crippen molar-refractivity contribution >= 4 is 12.1 Å². The minimum Gasteiger partial charge on any atom is -0.254 e. The molecule has 14 heavy (non-hydrogen) atoms. The van der Waals surface area contributed by atoms with Crippen LogP contribution in [0, 0.1) is 5.41 Å². The van der Waals surface area contributed by atoms with Crippen molar-refractivity contribution in [2.45, 2.75) is 39.5 Å². The van der Waals surface area contributed by atoms with Crippen molar-refractivity contribution in [1.82, 2.24) is 0 Å². The normalized spacial score (nSPS) is 24.4. The summed E-state index contributed by atoms with van der Waals surface area (Å²) in [6, 6.07) is 0. The van der Waals surface area contributed by atoms with Gasteiger partial charge in [-0.15, -0.1) is 0 Å². The fourth-order valence-corrected chi connectivity index (χ4v) is 2.16. The highest BCUT2D eigenvalue weighted by Gasteiger charge is 2.27. The van der Waals surface area contributed by atoms with E-state index in [1.165, 1.54) is 30.5 Å². The van der Waals surface area contributed by atoms with E-state index < -0.39 is 0 Å². The lowest BCUT2D eigenvalue weighted by atomic mass is 9.84. The lowest BCUT2D eigenvalue weighted by Crippen LogP contribution is -2.14. The Labute approximate surface area is 85.2 Å². The van der Waals surface area contributed by atoms with Crippen LogP contribution in [0.5, 0.6) is 0 Å². The molecule has 0 radical (unpaired) electrons. The lowest BCUT2D eigenvalue weighted by molar-refractivity contribution is 0.396. The first-order chi connectivity index (χ1) is 6.70. The minimum absolute atomic E-state index is 0.184. The Kier molecular flexibility index (Phi) is 2.39. The first-order valence-electron chi connectivity index (χ1n) is 5.25. The molecule has 1 aliphatic heterocycles. The van der Waals surface area contributed by atoms with Gasteiger partial charge < -0.3 is 0 Å². The number of aliphatic imine (C=N–C) groups is 2. The van der Waals surface area contributed by atoms with Gasteiger partial charge in [-0.1, -0.05) is 20.3 Å². The largest absolute Gasteiger partial charge is 0.254 e. The molecule has 74 valence electrons. The first kappa shape index (κ1) is 9.42. The van der Waals surface area contributed by atoms with Gasteiger partial charge in [0.1, 0.15) is 0 Å². The fourth-order valence-electron chi connectivity index (χ4n) is 2.16. The average molecular weight is 188 g/mol. The number of rotatable bonds is 0. The molecule has 0 unspecified atom stereocenters. The van der Waals surface area contributed by atoms with E-state index in [9.17, 15) is 0 Å². The Morgan fingerprint density at radius 1 is 1.36 bits per heavy atom. The number of allylic oxidation sites excluding steroid dienone is 2. The molecule has 0 fully saturated rings. The number of hydrogen-bond acceptors (Lipinski definition) is 2. The predicted molar refractivity (Wildman–Crippen MR) is 59.8 cm³/mol. The Balaban J connectivity index is 2.48. The van der Waals surface area contributed by atoms with Crippen LogP contribution in [0.4, 0.5) is 0 Å². The second kappa shape index (κ2) is 3.55. The second-order valence-electron chi connectivity index (χ2n) is 4.61. The van der Waals surface area contributed by atoms with E-state index >= 15 is 0 Å². The lowest BCUT2D eigenvalue weighted by Gasteiger charge is -2.23. The third-order valence-electron chi connectivity index (χ3n) is 2.98. The van der Waals surface area contributed by atoms with E-state index in [2.05, 4.69) is 29.7 Å². The highest BCUT2D eigenvalue weighted by molar-refractivity contribution is 5.83. The van der Waals surface area contributed by atoms with Gasteiger partial charge in [0, 0.05) is 17.5 Å². The smallest absolute Gasteiger partial charge is 0.0881 e. The molecule has 2 aliphatic rings. The molecule has 0 aromatic carbocycles. The summed E-state index contributed by atoms with van der Waals surface area (Å²) < 4.78 is 0. The Bertz CT molecular complexity index is 353. The van der Waals surface area contributed by atoms with Crippen molar-refractivity contribution in [3.8, 4) is 0 Å². The van der Waals surface area contributed by atoms with Crippen LogP contribution < -0.4 is 0 Å². The van der Waals surface area contributed by atoms with Gasteiger partial charge in [-0.3, -0.25) is 4.99 Å². The van der Waals surface area contributed by atoms with E-state index in [4.69, 9.17) is 0 Å². The SMILES string of the molecule is CC1(C)CCCCC2=C1N=C=CN=C2. The van der Waals surface area contributed by atoms with Crippen molar-refractivity contribution in [1.29, 1.82) is 0 Å². The Hall–Kier alpha value is -1.14. The van der Waals surface area contributed by atoms with Crippen molar-refractivity contribution in [2.75, 3.05) is 0 Å². The van der Waals surface area contributed by atoms with Crippen LogP contribution >= 0.6 is 0 Å². The van der Waals surface area contributed by atoms with Crippen LogP contribution in [0.1, 0.15) is 39.5 Å². The van der Waals surface area contributed by atoms with Gasteiger partial charge in [-0.25, -0.2) is 4.99 Å². The molecule has 0 aromatic heterocycles. The zero-order valence-electron chi connectivity index (χ0n) is 8.88. The first-order valence-corrected chi connectivity index (χ1v) is 5.25. The van der Waals surface area contributed by atoms with Crippen LogP contribution in [0.15, 0.2) is 27.5 Å². The minimum atomic E-state index is 0.184. The van der Waals surface area contributed by atoms with Crippen LogP contribution in [0.3, 0.4) is 0 Å². The molecule has 0 spiro atoms. The molecule has 0 atom stereocenters. The maximum atomic E-state index is 4.41. The zero-order valence-corrected chi connectivity index (χ0v) is 8.88. The molecular weight excluding hydrogens is 172 g/mol. The summed E-state index contributed by atoms with van der Waals surface area (Å²) in [6.45, 7) is 4.52. The molecule has 0 bridgehead atoms. The van der Waals surface area contributed by atoms with Gasteiger partial charge in [0.2, 0.25) is 0 Å². The molecule has 2 heteroatoms. The third kappa shape index (κ3) is 1.71. The summed E-state index contributed by atoms with van der Waals surface area (Å²) in [7, 11) is 0. The number of hydrogen-bond donors (Lipinski definition) is 0. The molecule has 0 saturated carbocycles. The average Bonchev–Trinajstić information content (AvgIpc) is 2.42. The molecule has 0 aromatic rings. The van der Waals surface area contributed by atoms with Gasteiger partial charge in [0.25, 0.3) is 0 Å². The van der Waals surface area contributed by atoms with Crippen LogP contribution in [0.25, 0.3) is 0 Å². The summed E-state index contributed by atoms with van der Waals surface area (Å²) in [5.74, 6) is 2.87. The summed E-state index contributed by atoms with van der Waals surface area (Å²) in [6.07, 6.45) is 8.46. The van der Waals surface area contributed by atoms with Crippen LogP contribution in [0.2, 0.25) is 0 Å². The molecule has 0 N–H and O–H groups in total. The second-order valence-corrected chi connectivity index (χ2v) is 4.61. The van der Waals surface area contributed by atoms with Gasteiger partial charge in [0.15, 0.2) is 0 Å². The molecule has 1 aliphatic carbocycles. The van der Waals surface area contributed by atoms with Crippen LogP contribution in [-0.2, 0) is 0 Å². The van der Waals surface area contributed by atoms with Crippen molar-refractivity contribution in [2.24, 2.45) is 15.4 Å². The van der Waals surface area contributed by atoms with Gasteiger partial charge in [0.05, 0.1) is 11.9 Å². The van der Waals surface area contributed by atoms with E-state index in [0.717, 1.165) is 6.42 Å². The van der Waals surface area contributed by atoms with E-state index in [-0.39, 0.29) is 5.41 Å².